The van der Waals surface area contributed by atoms with Gasteiger partial charge in [-0.2, -0.15) is 5.10 Å². The summed E-state index contributed by atoms with van der Waals surface area (Å²) in [6.45, 7) is 1.99. The first-order chi connectivity index (χ1) is 7.20. The number of alkyl halides is 1. The molecule has 0 spiro atoms. The van der Waals surface area contributed by atoms with Crippen molar-refractivity contribution in [1.82, 2.24) is 9.78 Å². The maximum Gasteiger partial charge on any atom is 0.0734 e. The first kappa shape index (κ1) is 10.7. The predicted octanol–water partition coefficient (Wildman–Crippen LogP) is 3.73. The number of hydrogen-bond donors (Lipinski definition) is 0. The van der Waals surface area contributed by atoms with Crippen molar-refractivity contribution in [2.45, 2.75) is 12.3 Å². The Labute approximate surface area is 102 Å². The van der Waals surface area contributed by atoms with Gasteiger partial charge < -0.3 is 0 Å². The van der Waals surface area contributed by atoms with Gasteiger partial charge in [-0.1, -0.05) is 33.6 Å². The largest absolute Gasteiger partial charge is 0.241 e. The minimum atomic E-state index is 0.763. The van der Waals surface area contributed by atoms with Crippen LogP contribution in [-0.4, -0.2) is 9.78 Å². The highest BCUT2D eigenvalue weighted by Crippen LogP contribution is 2.19. The van der Waals surface area contributed by atoms with Gasteiger partial charge in [0, 0.05) is 16.5 Å². The van der Waals surface area contributed by atoms with E-state index in [1.807, 2.05) is 42.1 Å². The third-order valence-corrected chi connectivity index (χ3v) is 3.18. The first-order valence-corrected chi connectivity index (χ1v) is 6.07. The molecule has 0 unspecified atom stereocenters. The number of halogens is 2. The minimum absolute atomic E-state index is 0.763. The van der Waals surface area contributed by atoms with Gasteiger partial charge in [0.15, 0.2) is 0 Å². The van der Waals surface area contributed by atoms with Crippen molar-refractivity contribution >= 4 is 27.5 Å². The molecule has 0 N–H and O–H groups in total. The lowest BCUT2D eigenvalue weighted by atomic mass is 10.2. The topological polar surface area (TPSA) is 17.8 Å². The van der Waals surface area contributed by atoms with Gasteiger partial charge in [0.05, 0.1) is 11.4 Å². The highest BCUT2D eigenvalue weighted by atomic mass is 79.9. The summed E-state index contributed by atoms with van der Waals surface area (Å²) < 4.78 is 1.82. The number of aryl methyl sites for hydroxylation is 1. The van der Waals surface area contributed by atoms with Crippen molar-refractivity contribution in [1.29, 1.82) is 0 Å². The molecule has 15 heavy (non-hydrogen) atoms. The van der Waals surface area contributed by atoms with Gasteiger partial charge in [0.1, 0.15) is 0 Å². The first-order valence-electron chi connectivity index (χ1n) is 4.58. The second-order valence-electron chi connectivity index (χ2n) is 3.32. The molecule has 0 aliphatic heterocycles. The molecule has 2 rings (SSSR count). The van der Waals surface area contributed by atoms with Crippen LogP contribution in [0.2, 0.25) is 5.02 Å². The molecule has 0 amide bonds. The van der Waals surface area contributed by atoms with Crippen LogP contribution in [0.5, 0.6) is 0 Å². The van der Waals surface area contributed by atoms with E-state index in [2.05, 4.69) is 21.0 Å². The zero-order valence-electron chi connectivity index (χ0n) is 8.24. The summed E-state index contributed by atoms with van der Waals surface area (Å²) in [6.07, 6.45) is 1.93. The summed E-state index contributed by atoms with van der Waals surface area (Å²) in [4.78, 5) is 0. The van der Waals surface area contributed by atoms with Crippen LogP contribution in [0.1, 0.15) is 11.3 Å². The van der Waals surface area contributed by atoms with Gasteiger partial charge in [0.2, 0.25) is 0 Å². The lowest BCUT2D eigenvalue weighted by Crippen LogP contribution is -1.95. The Morgan fingerprint density at radius 2 is 2.20 bits per heavy atom. The van der Waals surface area contributed by atoms with E-state index in [0.717, 1.165) is 27.3 Å². The van der Waals surface area contributed by atoms with Crippen molar-refractivity contribution in [3.63, 3.8) is 0 Å². The summed E-state index contributed by atoms with van der Waals surface area (Å²) >= 11 is 9.42. The molecule has 4 heteroatoms. The van der Waals surface area contributed by atoms with Crippen LogP contribution in [0.15, 0.2) is 30.5 Å². The molecule has 1 heterocycles. The Morgan fingerprint density at radius 3 is 2.80 bits per heavy atom. The second kappa shape index (κ2) is 4.37. The molecular formula is C11H10BrClN2. The number of hydrogen-bond acceptors (Lipinski definition) is 1. The molecule has 2 nitrogen and oxygen atoms in total. The molecule has 0 fully saturated rings. The lowest BCUT2D eigenvalue weighted by Gasteiger charge is -2.03. The van der Waals surface area contributed by atoms with Gasteiger partial charge in [-0.3, -0.25) is 0 Å². The Balaban J connectivity index is 2.40. The average molecular weight is 286 g/mol. The molecule has 1 aromatic heterocycles. The highest BCUT2D eigenvalue weighted by molar-refractivity contribution is 9.08. The van der Waals surface area contributed by atoms with Crippen molar-refractivity contribution in [3.8, 4) is 5.69 Å². The molecule has 0 atom stereocenters. The quantitative estimate of drug-likeness (QED) is 0.769. The van der Waals surface area contributed by atoms with Crippen LogP contribution in [-0.2, 0) is 5.33 Å². The zero-order valence-corrected chi connectivity index (χ0v) is 10.6. The number of rotatable bonds is 2. The van der Waals surface area contributed by atoms with Gasteiger partial charge in [0.25, 0.3) is 0 Å². The van der Waals surface area contributed by atoms with E-state index >= 15 is 0 Å². The summed E-state index contributed by atoms with van der Waals surface area (Å²) in [5, 5.41) is 5.91. The molecular weight excluding hydrogens is 275 g/mol. The minimum Gasteiger partial charge on any atom is -0.241 e. The van der Waals surface area contributed by atoms with Gasteiger partial charge in [-0.05, 0) is 30.7 Å². The maximum absolute atomic E-state index is 6.05. The van der Waals surface area contributed by atoms with Crippen LogP contribution in [0.3, 0.4) is 0 Å². The van der Waals surface area contributed by atoms with Crippen molar-refractivity contribution in [3.05, 3.63) is 46.7 Å². The van der Waals surface area contributed by atoms with Crippen molar-refractivity contribution in [2.75, 3.05) is 0 Å². The Bertz CT molecular complexity index is 479. The Morgan fingerprint density at radius 1 is 1.40 bits per heavy atom. The summed E-state index contributed by atoms with van der Waals surface area (Å²) in [6, 6.07) is 7.89. The zero-order chi connectivity index (χ0) is 10.8. The smallest absolute Gasteiger partial charge is 0.0734 e. The number of benzene rings is 1. The van der Waals surface area contributed by atoms with E-state index in [4.69, 9.17) is 11.6 Å². The molecule has 1 aromatic carbocycles. The van der Waals surface area contributed by atoms with Crippen LogP contribution < -0.4 is 0 Å². The summed E-state index contributed by atoms with van der Waals surface area (Å²) in [7, 11) is 0. The van der Waals surface area contributed by atoms with Gasteiger partial charge in [-0.15, -0.1) is 0 Å². The molecule has 0 bridgehead atoms. The fourth-order valence-electron chi connectivity index (χ4n) is 1.30. The van der Waals surface area contributed by atoms with Crippen LogP contribution >= 0.6 is 27.5 Å². The van der Waals surface area contributed by atoms with E-state index in [9.17, 15) is 0 Å². The maximum atomic E-state index is 6.05. The SMILES string of the molecule is Cc1ccc(-n2ccc(CBr)n2)cc1Cl. The summed E-state index contributed by atoms with van der Waals surface area (Å²) in [5.41, 5.74) is 3.07. The second-order valence-corrected chi connectivity index (χ2v) is 4.29. The predicted molar refractivity (Wildman–Crippen MR) is 65.9 cm³/mol. The fourth-order valence-corrected chi connectivity index (χ4v) is 1.77. The Kier molecular flexibility index (Phi) is 3.12. The van der Waals surface area contributed by atoms with Crippen molar-refractivity contribution < 1.29 is 0 Å². The van der Waals surface area contributed by atoms with Gasteiger partial charge >= 0.3 is 0 Å². The standard InChI is InChI=1S/C11H10BrClN2/c1-8-2-3-10(6-11(8)13)15-5-4-9(7-12)14-15/h2-6H,7H2,1H3. The number of nitrogens with zero attached hydrogens (tertiary/aromatic N) is 2. The molecule has 2 aromatic rings. The van der Waals surface area contributed by atoms with Crippen LogP contribution in [0.4, 0.5) is 0 Å². The van der Waals surface area contributed by atoms with E-state index < -0.39 is 0 Å². The third-order valence-electron chi connectivity index (χ3n) is 2.20. The molecule has 0 aliphatic rings. The molecule has 0 radical (unpaired) electrons. The van der Waals surface area contributed by atoms with E-state index in [0.29, 0.717) is 0 Å². The monoisotopic (exact) mass is 284 g/mol. The summed E-state index contributed by atoms with van der Waals surface area (Å²) in [5.74, 6) is 0. The molecule has 0 saturated heterocycles. The van der Waals surface area contributed by atoms with Gasteiger partial charge in [-0.25, -0.2) is 4.68 Å². The number of aromatic nitrogens is 2. The molecule has 78 valence electrons. The van der Waals surface area contributed by atoms with E-state index in [1.165, 1.54) is 0 Å². The van der Waals surface area contributed by atoms with E-state index in [-0.39, 0.29) is 0 Å². The fraction of sp³-hybridized carbons (Fsp3) is 0.182. The Hall–Kier alpha value is -0.800. The highest BCUT2D eigenvalue weighted by Gasteiger charge is 2.02. The molecule has 0 aliphatic carbocycles. The normalized spacial score (nSPS) is 10.6. The van der Waals surface area contributed by atoms with Crippen molar-refractivity contribution in [2.24, 2.45) is 0 Å². The molecule has 0 saturated carbocycles. The third kappa shape index (κ3) is 2.24. The lowest BCUT2D eigenvalue weighted by molar-refractivity contribution is 0.860. The van der Waals surface area contributed by atoms with Crippen LogP contribution in [0.25, 0.3) is 5.69 Å². The van der Waals surface area contributed by atoms with E-state index in [1.54, 1.807) is 0 Å². The average Bonchev–Trinajstić information content (AvgIpc) is 2.70. The van der Waals surface area contributed by atoms with Crippen LogP contribution in [0, 0.1) is 6.92 Å².